The van der Waals surface area contributed by atoms with E-state index in [0.29, 0.717) is 25.9 Å². The monoisotopic (exact) mass is 1010 g/mol. The highest BCUT2D eigenvalue weighted by Crippen LogP contribution is 2.18. The molecule has 426 valence electrons. The lowest BCUT2D eigenvalue weighted by Crippen LogP contribution is -2.45. The molecule has 0 bridgehead atoms. The average molecular weight is 1010 g/mol. The Labute approximate surface area is 450 Å². The number of rotatable bonds is 61. The van der Waals surface area contributed by atoms with Gasteiger partial charge in [0, 0.05) is 12.8 Å². The van der Waals surface area contributed by atoms with Crippen LogP contribution in [0.25, 0.3) is 0 Å². The molecule has 0 heterocycles. The third kappa shape index (κ3) is 57.6. The number of aliphatic hydroxyl groups excluding tert-OH is 2. The van der Waals surface area contributed by atoms with Crippen LogP contribution < -0.4 is 5.32 Å². The number of hydrogen-bond acceptors (Lipinski definition) is 5. The lowest BCUT2D eigenvalue weighted by molar-refractivity contribution is -0.143. The number of unbranched alkanes of at least 4 members (excludes halogenated alkanes) is 46. The van der Waals surface area contributed by atoms with Crippen LogP contribution >= 0.6 is 0 Å². The highest BCUT2D eigenvalue weighted by molar-refractivity contribution is 5.76. The average Bonchev–Trinajstić information content (AvgIpc) is 3.38. The molecule has 0 aromatic carbocycles. The van der Waals surface area contributed by atoms with Crippen LogP contribution in [0.3, 0.4) is 0 Å². The normalized spacial score (nSPS) is 12.7. The summed E-state index contributed by atoms with van der Waals surface area (Å²) in [7, 11) is 0. The Bertz CT molecular complexity index is 1120. The third-order valence-corrected chi connectivity index (χ3v) is 15.2. The minimum atomic E-state index is -0.684. The molecule has 0 aromatic heterocycles. The number of carbonyl (C=O) groups excluding carboxylic acids is 2. The SMILES string of the molecule is CCCCCCCC/C=C\CCCCCCCCCCCC(=O)OCCCC/C=C\CCCCCCCC(=O)NC(CO)C(O)CCCCCCCCCCCCCCCCCCCCCCCCCCC. The molecular formula is C66H127NO5. The molecule has 0 radical (unpaired) electrons. The van der Waals surface area contributed by atoms with E-state index >= 15 is 0 Å². The van der Waals surface area contributed by atoms with E-state index in [2.05, 4.69) is 43.5 Å². The molecule has 0 fully saturated rings. The van der Waals surface area contributed by atoms with Gasteiger partial charge in [-0.15, -0.1) is 0 Å². The minimum absolute atomic E-state index is 0.0303. The van der Waals surface area contributed by atoms with Gasteiger partial charge in [0.15, 0.2) is 0 Å². The largest absolute Gasteiger partial charge is 0.466 e. The van der Waals surface area contributed by atoms with E-state index in [1.165, 1.54) is 244 Å². The van der Waals surface area contributed by atoms with E-state index in [0.717, 1.165) is 83.5 Å². The zero-order valence-corrected chi connectivity index (χ0v) is 48.7. The summed E-state index contributed by atoms with van der Waals surface area (Å²) in [4.78, 5) is 24.6. The Morgan fingerprint density at radius 3 is 0.986 bits per heavy atom. The summed E-state index contributed by atoms with van der Waals surface area (Å²) in [6.45, 7) is 4.90. The number of hydrogen-bond donors (Lipinski definition) is 3. The molecule has 0 rings (SSSR count). The molecule has 0 aliphatic heterocycles. The summed E-state index contributed by atoms with van der Waals surface area (Å²) >= 11 is 0. The molecule has 1 amide bonds. The highest BCUT2D eigenvalue weighted by atomic mass is 16.5. The fraction of sp³-hybridized carbons (Fsp3) is 0.909. The number of carbonyl (C=O) groups is 2. The van der Waals surface area contributed by atoms with Crippen molar-refractivity contribution in [3.05, 3.63) is 24.3 Å². The number of ether oxygens (including phenoxy) is 1. The summed E-state index contributed by atoms with van der Waals surface area (Å²) < 4.78 is 5.47. The van der Waals surface area contributed by atoms with Gasteiger partial charge in [0.25, 0.3) is 0 Å². The molecular weight excluding hydrogens is 887 g/mol. The zero-order valence-electron chi connectivity index (χ0n) is 48.7. The van der Waals surface area contributed by atoms with Gasteiger partial charge in [-0.3, -0.25) is 9.59 Å². The van der Waals surface area contributed by atoms with E-state index in [1.54, 1.807) is 0 Å². The quantitative estimate of drug-likeness (QED) is 0.0320. The smallest absolute Gasteiger partial charge is 0.305 e. The Morgan fingerprint density at radius 2 is 0.653 bits per heavy atom. The predicted molar refractivity (Wildman–Crippen MR) is 315 cm³/mol. The Balaban J connectivity index is 3.47. The molecule has 2 atom stereocenters. The van der Waals surface area contributed by atoms with Crippen molar-refractivity contribution in [2.75, 3.05) is 13.2 Å². The maximum absolute atomic E-state index is 12.5. The van der Waals surface area contributed by atoms with Crippen LogP contribution in [0.5, 0.6) is 0 Å². The molecule has 0 aliphatic rings. The fourth-order valence-corrected chi connectivity index (χ4v) is 10.2. The molecule has 0 saturated heterocycles. The van der Waals surface area contributed by atoms with Crippen molar-refractivity contribution in [3.63, 3.8) is 0 Å². The topological polar surface area (TPSA) is 95.9 Å². The first-order valence-corrected chi connectivity index (χ1v) is 32.6. The van der Waals surface area contributed by atoms with Crippen molar-refractivity contribution in [2.24, 2.45) is 0 Å². The van der Waals surface area contributed by atoms with Crippen molar-refractivity contribution in [2.45, 2.75) is 373 Å². The Kier molecular flexibility index (Phi) is 60.5. The Morgan fingerprint density at radius 1 is 0.375 bits per heavy atom. The minimum Gasteiger partial charge on any atom is -0.466 e. The van der Waals surface area contributed by atoms with Crippen LogP contribution in [0.4, 0.5) is 0 Å². The lowest BCUT2D eigenvalue weighted by atomic mass is 10.0. The summed E-state index contributed by atoms with van der Waals surface area (Å²) in [5.41, 5.74) is 0. The molecule has 72 heavy (non-hydrogen) atoms. The van der Waals surface area contributed by atoms with Crippen molar-refractivity contribution < 1.29 is 24.5 Å². The first kappa shape index (κ1) is 70.3. The predicted octanol–water partition coefficient (Wildman–Crippen LogP) is 20.6. The molecule has 0 aromatic rings. The lowest BCUT2D eigenvalue weighted by Gasteiger charge is -2.22. The van der Waals surface area contributed by atoms with Gasteiger partial charge in [0.1, 0.15) is 0 Å². The van der Waals surface area contributed by atoms with Crippen molar-refractivity contribution in [3.8, 4) is 0 Å². The molecule has 0 spiro atoms. The third-order valence-electron chi connectivity index (χ3n) is 15.2. The fourth-order valence-electron chi connectivity index (χ4n) is 10.2. The van der Waals surface area contributed by atoms with Gasteiger partial charge in [-0.05, 0) is 77.0 Å². The maximum atomic E-state index is 12.5. The first-order valence-electron chi connectivity index (χ1n) is 32.6. The second-order valence-corrected chi connectivity index (χ2v) is 22.4. The Hall–Kier alpha value is -1.66. The number of aliphatic hydroxyl groups is 2. The number of amides is 1. The number of nitrogens with one attached hydrogen (secondary N) is 1. The molecule has 6 nitrogen and oxygen atoms in total. The van der Waals surface area contributed by atoms with Crippen LogP contribution in [0.2, 0.25) is 0 Å². The van der Waals surface area contributed by atoms with Crippen LogP contribution in [0.1, 0.15) is 361 Å². The molecule has 0 saturated carbocycles. The molecule has 2 unspecified atom stereocenters. The standard InChI is InChI=1S/C66H127NO5/c1-3-5-7-9-11-13-15-17-19-21-23-24-25-26-27-28-30-31-33-35-38-42-46-50-54-58-64(69)63(62-68)67-65(70)59-55-51-47-43-39-37-41-45-49-53-57-61-72-66(71)60-56-52-48-44-40-36-34-32-29-22-20-18-16-14-12-10-8-6-4-2/h18,20,41,45,63-64,68-69H,3-17,19,21-40,42-44,46-62H2,1-2H3,(H,67,70)/b20-18-,45-41-. The summed E-state index contributed by atoms with van der Waals surface area (Å²) in [6, 6.07) is -0.564. The van der Waals surface area contributed by atoms with E-state index in [1.807, 2.05) is 0 Å². The summed E-state index contributed by atoms with van der Waals surface area (Å²) in [6.07, 6.45) is 76.3. The molecule has 6 heteroatoms. The highest BCUT2D eigenvalue weighted by Gasteiger charge is 2.20. The maximum Gasteiger partial charge on any atom is 0.305 e. The van der Waals surface area contributed by atoms with E-state index < -0.39 is 12.1 Å². The summed E-state index contributed by atoms with van der Waals surface area (Å²) in [5, 5.41) is 23.4. The van der Waals surface area contributed by atoms with Gasteiger partial charge in [-0.2, -0.15) is 0 Å². The second kappa shape index (κ2) is 61.9. The van der Waals surface area contributed by atoms with Crippen LogP contribution in [0.15, 0.2) is 24.3 Å². The number of esters is 1. The first-order chi connectivity index (χ1) is 35.5. The van der Waals surface area contributed by atoms with Crippen LogP contribution in [-0.4, -0.2) is 47.4 Å². The number of allylic oxidation sites excluding steroid dienone is 4. The van der Waals surface area contributed by atoms with Crippen molar-refractivity contribution in [1.82, 2.24) is 5.32 Å². The van der Waals surface area contributed by atoms with Crippen LogP contribution in [-0.2, 0) is 14.3 Å². The van der Waals surface area contributed by atoms with E-state index in [9.17, 15) is 19.8 Å². The molecule has 3 N–H and O–H groups in total. The van der Waals surface area contributed by atoms with Crippen LogP contribution in [0, 0.1) is 0 Å². The van der Waals surface area contributed by atoms with Crippen molar-refractivity contribution in [1.29, 1.82) is 0 Å². The van der Waals surface area contributed by atoms with E-state index in [-0.39, 0.29) is 18.5 Å². The van der Waals surface area contributed by atoms with Gasteiger partial charge in [-0.1, -0.05) is 295 Å². The van der Waals surface area contributed by atoms with E-state index in [4.69, 9.17) is 4.74 Å². The molecule has 0 aliphatic carbocycles. The van der Waals surface area contributed by atoms with Gasteiger partial charge < -0.3 is 20.3 Å². The second-order valence-electron chi connectivity index (χ2n) is 22.4. The van der Waals surface area contributed by atoms with Gasteiger partial charge in [-0.25, -0.2) is 0 Å². The van der Waals surface area contributed by atoms with Crippen molar-refractivity contribution >= 4 is 11.9 Å². The van der Waals surface area contributed by atoms with Gasteiger partial charge in [0.05, 0.1) is 25.4 Å². The zero-order chi connectivity index (χ0) is 52.2. The van der Waals surface area contributed by atoms with Gasteiger partial charge >= 0.3 is 5.97 Å². The van der Waals surface area contributed by atoms with Gasteiger partial charge in [0.2, 0.25) is 5.91 Å². The summed E-state index contributed by atoms with van der Waals surface area (Å²) in [5.74, 6) is -0.0903.